The summed E-state index contributed by atoms with van der Waals surface area (Å²) in [4.78, 5) is 19.1. The lowest BCUT2D eigenvalue weighted by atomic mass is 10.0. The molecule has 0 saturated carbocycles. The number of hydrogen-bond acceptors (Lipinski definition) is 3. The average Bonchev–Trinajstić information content (AvgIpc) is 3.38. The minimum atomic E-state index is -0.0237. The van der Waals surface area contributed by atoms with E-state index in [1.165, 1.54) is 5.56 Å². The summed E-state index contributed by atoms with van der Waals surface area (Å²) < 4.78 is 1.86. The highest BCUT2D eigenvalue weighted by Crippen LogP contribution is 2.26. The largest absolute Gasteiger partial charge is 0.352 e. The van der Waals surface area contributed by atoms with E-state index in [0.717, 1.165) is 37.5 Å². The fraction of sp³-hybridized carbons (Fsp3) is 0.500. The van der Waals surface area contributed by atoms with Gasteiger partial charge < -0.3 is 15.5 Å². The summed E-state index contributed by atoms with van der Waals surface area (Å²) in [5, 5.41) is 10.8. The predicted octanol–water partition coefficient (Wildman–Crippen LogP) is 3.13. The monoisotopic (exact) mass is 524 g/mol. The lowest BCUT2D eigenvalue weighted by Gasteiger charge is -2.21. The van der Waals surface area contributed by atoms with E-state index in [2.05, 4.69) is 38.7 Å². The SMILES string of the molecule is CCC(C)NC(=O)c1cccc(CNC(=NC)N2CCC(c3cnn(C)c3)C2)c1.I. The van der Waals surface area contributed by atoms with E-state index in [0.29, 0.717) is 18.0 Å². The lowest BCUT2D eigenvalue weighted by molar-refractivity contribution is 0.0939. The number of halogens is 1. The minimum Gasteiger partial charge on any atom is -0.352 e. The number of hydrogen-bond donors (Lipinski definition) is 2. The smallest absolute Gasteiger partial charge is 0.251 e. The molecule has 7 nitrogen and oxygen atoms in total. The number of carbonyl (C=O) groups is 1. The van der Waals surface area contributed by atoms with Gasteiger partial charge in [0.1, 0.15) is 0 Å². The van der Waals surface area contributed by atoms with Crippen LogP contribution < -0.4 is 10.6 Å². The Morgan fingerprint density at radius 2 is 2.20 bits per heavy atom. The third kappa shape index (κ3) is 6.20. The maximum Gasteiger partial charge on any atom is 0.251 e. The van der Waals surface area contributed by atoms with E-state index < -0.39 is 0 Å². The molecule has 1 aliphatic heterocycles. The van der Waals surface area contributed by atoms with E-state index in [4.69, 9.17) is 0 Å². The van der Waals surface area contributed by atoms with Gasteiger partial charge in [-0.25, -0.2) is 0 Å². The summed E-state index contributed by atoms with van der Waals surface area (Å²) in [5.41, 5.74) is 3.04. The van der Waals surface area contributed by atoms with Crippen LogP contribution in [0.4, 0.5) is 0 Å². The molecule has 1 fully saturated rings. The Bertz CT molecular complexity index is 865. The molecular weight excluding hydrogens is 491 g/mol. The molecule has 8 heteroatoms. The maximum absolute atomic E-state index is 12.4. The topological polar surface area (TPSA) is 74.6 Å². The number of nitrogens with one attached hydrogen (secondary N) is 2. The second-order valence-corrected chi connectivity index (χ2v) is 7.76. The molecule has 2 heterocycles. The number of nitrogens with zero attached hydrogens (tertiary/aromatic N) is 4. The Morgan fingerprint density at radius 3 is 2.87 bits per heavy atom. The van der Waals surface area contributed by atoms with Crippen molar-refractivity contribution in [2.75, 3.05) is 20.1 Å². The van der Waals surface area contributed by atoms with Crippen LogP contribution in [0, 0.1) is 0 Å². The highest BCUT2D eigenvalue weighted by atomic mass is 127. The highest BCUT2D eigenvalue weighted by Gasteiger charge is 2.26. The van der Waals surface area contributed by atoms with E-state index >= 15 is 0 Å². The molecule has 1 saturated heterocycles. The van der Waals surface area contributed by atoms with Crippen LogP contribution in [0.5, 0.6) is 0 Å². The van der Waals surface area contributed by atoms with Crippen LogP contribution in [0.1, 0.15) is 54.1 Å². The molecule has 1 aromatic heterocycles. The molecule has 30 heavy (non-hydrogen) atoms. The molecular formula is C22H33IN6O. The van der Waals surface area contributed by atoms with Crippen molar-refractivity contribution < 1.29 is 4.79 Å². The van der Waals surface area contributed by atoms with E-state index in [-0.39, 0.29) is 35.9 Å². The summed E-state index contributed by atoms with van der Waals surface area (Å²) in [6.07, 6.45) is 6.07. The van der Waals surface area contributed by atoms with Crippen molar-refractivity contribution in [2.45, 2.75) is 45.2 Å². The summed E-state index contributed by atoms with van der Waals surface area (Å²) >= 11 is 0. The quantitative estimate of drug-likeness (QED) is 0.346. The zero-order valence-corrected chi connectivity index (χ0v) is 20.6. The van der Waals surface area contributed by atoms with Crippen molar-refractivity contribution in [2.24, 2.45) is 12.0 Å². The lowest BCUT2D eigenvalue weighted by Crippen LogP contribution is -2.39. The first-order valence-electron chi connectivity index (χ1n) is 10.3. The first kappa shape index (κ1) is 24.2. The maximum atomic E-state index is 12.4. The molecule has 0 aliphatic carbocycles. The number of benzene rings is 1. The first-order chi connectivity index (χ1) is 14.0. The third-order valence-corrected chi connectivity index (χ3v) is 5.53. The van der Waals surface area contributed by atoms with Gasteiger partial charge in [0.25, 0.3) is 5.91 Å². The molecule has 0 bridgehead atoms. The van der Waals surface area contributed by atoms with Crippen molar-refractivity contribution in [1.82, 2.24) is 25.3 Å². The van der Waals surface area contributed by atoms with Gasteiger partial charge in [-0.1, -0.05) is 19.1 Å². The predicted molar refractivity (Wildman–Crippen MR) is 131 cm³/mol. The Labute approximate surface area is 196 Å². The van der Waals surface area contributed by atoms with Crippen LogP contribution in [0.2, 0.25) is 0 Å². The molecule has 1 aromatic carbocycles. The molecule has 0 radical (unpaired) electrons. The molecule has 1 amide bonds. The van der Waals surface area contributed by atoms with E-state index in [9.17, 15) is 4.79 Å². The van der Waals surface area contributed by atoms with E-state index in [1.54, 1.807) is 0 Å². The first-order valence-corrected chi connectivity index (χ1v) is 10.3. The van der Waals surface area contributed by atoms with Crippen LogP contribution in [0.15, 0.2) is 41.7 Å². The van der Waals surface area contributed by atoms with Crippen LogP contribution >= 0.6 is 24.0 Å². The van der Waals surface area contributed by atoms with Gasteiger partial charge >= 0.3 is 0 Å². The summed E-state index contributed by atoms with van der Waals surface area (Å²) in [6.45, 7) is 6.61. The molecule has 2 atom stereocenters. The zero-order chi connectivity index (χ0) is 20.8. The van der Waals surface area contributed by atoms with Crippen molar-refractivity contribution in [1.29, 1.82) is 0 Å². The number of aromatic nitrogens is 2. The number of likely N-dealkylation sites (tertiary alicyclic amines) is 1. The Kier molecular flexibility index (Phi) is 9.13. The second-order valence-electron chi connectivity index (χ2n) is 7.76. The van der Waals surface area contributed by atoms with Gasteiger partial charge in [-0.2, -0.15) is 5.10 Å². The molecule has 1 aliphatic rings. The normalized spacial score (nSPS) is 17.4. The van der Waals surface area contributed by atoms with Crippen molar-refractivity contribution in [3.63, 3.8) is 0 Å². The number of aryl methyl sites for hydroxylation is 1. The Morgan fingerprint density at radius 1 is 1.40 bits per heavy atom. The second kappa shape index (κ2) is 11.3. The van der Waals surface area contributed by atoms with Crippen molar-refractivity contribution in [3.8, 4) is 0 Å². The van der Waals surface area contributed by atoms with Gasteiger partial charge in [0.05, 0.1) is 6.20 Å². The molecule has 2 unspecified atom stereocenters. The van der Waals surface area contributed by atoms with Crippen LogP contribution in [0.3, 0.4) is 0 Å². The average molecular weight is 524 g/mol. The van der Waals surface area contributed by atoms with Crippen LogP contribution in [-0.4, -0.2) is 52.7 Å². The van der Waals surface area contributed by atoms with Gasteiger partial charge in [-0.05, 0) is 43.0 Å². The van der Waals surface area contributed by atoms with Gasteiger partial charge in [0, 0.05) is 57.4 Å². The number of rotatable bonds is 6. The minimum absolute atomic E-state index is 0. The zero-order valence-electron chi connectivity index (χ0n) is 18.3. The molecule has 3 rings (SSSR count). The van der Waals surface area contributed by atoms with Crippen LogP contribution in [-0.2, 0) is 13.6 Å². The highest BCUT2D eigenvalue weighted by molar-refractivity contribution is 14.0. The van der Waals surface area contributed by atoms with Crippen LogP contribution in [0.25, 0.3) is 0 Å². The van der Waals surface area contributed by atoms with Crippen molar-refractivity contribution >= 4 is 35.8 Å². The summed E-state index contributed by atoms with van der Waals surface area (Å²) in [5.74, 6) is 1.35. The number of guanidine groups is 1. The molecule has 164 valence electrons. The van der Waals surface area contributed by atoms with Crippen molar-refractivity contribution in [3.05, 3.63) is 53.3 Å². The Hall–Kier alpha value is -2.10. The number of carbonyl (C=O) groups excluding carboxylic acids is 1. The fourth-order valence-corrected chi connectivity index (χ4v) is 3.62. The van der Waals surface area contributed by atoms with E-state index in [1.807, 2.05) is 56.2 Å². The summed E-state index contributed by atoms with van der Waals surface area (Å²) in [6, 6.07) is 7.93. The standard InChI is InChI=1S/C22H32N6O.HI/c1-5-16(2)26-21(29)18-8-6-7-17(11-18)12-24-22(23-3)28-10-9-19(15-28)20-13-25-27(4)14-20;/h6-8,11,13-14,16,19H,5,9-10,12,15H2,1-4H3,(H,23,24)(H,26,29);1H. The number of aliphatic imine (C=N–C) groups is 1. The molecule has 2 N–H and O–H groups in total. The Balaban J connectivity index is 0.00000320. The van der Waals surface area contributed by atoms with Gasteiger partial charge in [-0.3, -0.25) is 14.5 Å². The number of amides is 1. The van der Waals surface area contributed by atoms with Gasteiger partial charge in [0.15, 0.2) is 5.96 Å². The summed E-state index contributed by atoms with van der Waals surface area (Å²) in [7, 11) is 3.77. The van der Waals surface area contributed by atoms with Gasteiger partial charge in [0.2, 0.25) is 0 Å². The van der Waals surface area contributed by atoms with Gasteiger partial charge in [-0.15, -0.1) is 24.0 Å². The fourth-order valence-electron chi connectivity index (χ4n) is 3.62. The third-order valence-electron chi connectivity index (χ3n) is 5.53. The molecule has 0 spiro atoms. The molecule has 2 aromatic rings.